The summed E-state index contributed by atoms with van der Waals surface area (Å²) in [5, 5.41) is 18.4. The van der Waals surface area contributed by atoms with E-state index in [2.05, 4.69) is 10.3 Å². The van der Waals surface area contributed by atoms with Gasteiger partial charge in [-0.15, -0.1) is 5.10 Å². The van der Waals surface area contributed by atoms with E-state index in [0.29, 0.717) is 18.8 Å². The molecule has 0 radical (unpaired) electrons. The van der Waals surface area contributed by atoms with Gasteiger partial charge in [0.2, 0.25) is 0 Å². The van der Waals surface area contributed by atoms with E-state index in [1.807, 2.05) is 0 Å². The van der Waals surface area contributed by atoms with E-state index in [-0.39, 0.29) is 12.3 Å². The molecule has 118 valence electrons. The summed E-state index contributed by atoms with van der Waals surface area (Å²) in [7, 11) is 1.54. The van der Waals surface area contributed by atoms with Gasteiger partial charge in [-0.05, 0) is 19.8 Å². The minimum atomic E-state index is -0.742. The van der Waals surface area contributed by atoms with Gasteiger partial charge in [0.05, 0.1) is 24.4 Å². The molecule has 1 aromatic heterocycles. The largest absolute Gasteiger partial charge is 0.458 e. The number of aliphatic hydroxyl groups is 1. The molecule has 0 saturated heterocycles. The molecule has 1 aliphatic carbocycles. The summed E-state index contributed by atoms with van der Waals surface area (Å²) in [5.41, 5.74) is 0.0791. The van der Waals surface area contributed by atoms with Crippen molar-refractivity contribution in [3.05, 3.63) is 11.4 Å². The lowest BCUT2D eigenvalue weighted by Gasteiger charge is -2.31. The molecule has 1 fully saturated rings. The highest BCUT2D eigenvalue weighted by atomic mass is 16.6. The fourth-order valence-corrected chi connectivity index (χ4v) is 2.63. The Morgan fingerprint density at radius 2 is 2.05 bits per heavy atom. The Kier molecular flexibility index (Phi) is 5.30. The summed E-state index contributed by atoms with van der Waals surface area (Å²) < 4.78 is 11.5. The molecule has 1 aliphatic rings. The third-order valence-corrected chi connectivity index (χ3v) is 3.92. The monoisotopic (exact) mass is 297 g/mol. The zero-order valence-corrected chi connectivity index (χ0v) is 12.7. The van der Waals surface area contributed by atoms with Crippen molar-refractivity contribution in [2.75, 3.05) is 20.3 Å². The fourth-order valence-electron chi connectivity index (χ4n) is 2.63. The maximum Gasteiger partial charge on any atom is 0.360 e. The van der Waals surface area contributed by atoms with E-state index in [1.165, 1.54) is 0 Å². The smallest absolute Gasteiger partial charge is 0.360 e. The molecule has 0 spiro atoms. The van der Waals surface area contributed by atoms with Gasteiger partial charge in [0.1, 0.15) is 6.61 Å². The summed E-state index contributed by atoms with van der Waals surface area (Å²) >= 11 is 0. The predicted molar refractivity (Wildman–Crippen MR) is 75.0 cm³/mol. The Hall–Kier alpha value is -1.47. The van der Waals surface area contributed by atoms with Crippen molar-refractivity contribution in [1.29, 1.82) is 0 Å². The van der Waals surface area contributed by atoms with Crippen LogP contribution >= 0.6 is 0 Å². The SMILES string of the molecule is COCCOC(=O)c1nnn(CC2(O)CCCCC2)c1C. The summed E-state index contributed by atoms with van der Waals surface area (Å²) in [4.78, 5) is 11.9. The Bertz CT molecular complexity index is 481. The van der Waals surface area contributed by atoms with Gasteiger partial charge in [-0.2, -0.15) is 0 Å². The average Bonchev–Trinajstić information content (AvgIpc) is 2.81. The first-order valence-electron chi connectivity index (χ1n) is 7.34. The summed E-state index contributed by atoms with van der Waals surface area (Å²) in [6.07, 6.45) is 4.74. The molecular formula is C14H23N3O4. The standard InChI is InChI=1S/C14H23N3O4/c1-11-12(13(18)21-9-8-20-2)15-16-17(11)10-14(19)6-4-3-5-7-14/h19H,3-10H2,1-2H3. The second-order valence-corrected chi connectivity index (χ2v) is 5.59. The zero-order valence-electron chi connectivity index (χ0n) is 12.7. The second-order valence-electron chi connectivity index (χ2n) is 5.59. The van der Waals surface area contributed by atoms with Gasteiger partial charge < -0.3 is 14.6 Å². The Balaban J connectivity index is 2.01. The highest BCUT2D eigenvalue weighted by Crippen LogP contribution is 2.29. The van der Waals surface area contributed by atoms with Gasteiger partial charge in [-0.3, -0.25) is 0 Å². The third kappa shape index (κ3) is 4.01. The lowest BCUT2D eigenvalue weighted by atomic mass is 9.85. The molecule has 0 aliphatic heterocycles. The highest BCUT2D eigenvalue weighted by Gasteiger charge is 2.31. The molecule has 1 N–H and O–H groups in total. The first-order chi connectivity index (χ1) is 10.1. The first-order valence-corrected chi connectivity index (χ1v) is 7.34. The van der Waals surface area contributed by atoms with Crippen molar-refractivity contribution in [1.82, 2.24) is 15.0 Å². The van der Waals surface area contributed by atoms with Crippen molar-refractivity contribution in [3.8, 4) is 0 Å². The number of esters is 1. The molecule has 0 bridgehead atoms. The van der Waals surface area contributed by atoms with Crippen LogP contribution in [0.25, 0.3) is 0 Å². The normalized spacial score (nSPS) is 17.7. The Morgan fingerprint density at radius 1 is 1.33 bits per heavy atom. The fraction of sp³-hybridized carbons (Fsp3) is 0.786. The van der Waals surface area contributed by atoms with Crippen LogP contribution in [0.2, 0.25) is 0 Å². The van der Waals surface area contributed by atoms with E-state index < -0.39 is 11.6 Å². The van der Waals surface area contributed by atoms with E-state index in [0.717, 1.165) is 32.1 Å². The van der Waals surface area contributed by atoms with E-state index in [4.69, 9.17) is 9.47 Å². The number of hydrogen-bond donors (Lipinski definition) is 1. The van der Waals surface area contributed by atoms with E-state index >= 15 is 0 Å². The van der Waals surface area contributed by atoms with Gasteiger partial charge >= 0.3 is 5.97 Å². The maximum atomic E-state index is 11.9. The molecule has 1 saturated carbocycles. The number of methoxy groups -OCH3 is 1. The topological polar surface area (TPSA) is 86.5 Å². The molecule has 2 rings (SSSR count). The average molecular weight is 297 g/mol. The van der Waals surface area contributed by atoms with Crippen LogP contribution in [0.1, 0.15) is 48.3 Å². The number of ether oxygens (including phenoxy) is 2. The number of carbonyl (C=O) groups is 1. The zero-order chi connectivity index (χ0) is 15.3. The number of rotatable bonds is 6. The molecule has 0 unspecified atom stereocenters. The molecule has 7 heteroatoms. The minimum Gasteiger partial charge on any atom is -0.458 e. The lowest BCUT2D eigenvalue weighted by molar-refractivity contribution is -0.0152. The number of nitrogens with zero attached hydrogens (tertiary/aromatic N) is 3. The molecule has 0 amide bonds. The second kappa shape index (κ2) is 7.00. The van der Waals surface area contributed by atoms with Crippen LogP contribution in [0, 0.1) is 6.92 Å². The van der Waals surface area contributed by atoms with Gasteiger partial charge in [0, 0.05) is 7.11 Å². The van der Waals surface area contributed by atoms with Crippen LogP contribution in [-0.4, -0.2) is 52.0 Å². The first kappa shape index (κ1) is 15.9. The molecule has 1 heterocycles. The van der Waals surface area contributed by atoms with Crippen LogP contribution in [-0.2, 0) is 16.0 Å². The maximum absolute atomic E-state index is 11.9. The summed E-state index contributed by atoms with van der Waals surface area (Å²) in [6, 6.07) is 0. The Morgan fingerprint density at radius 3 is 2.71 bits per heavy atom. The van der Waals surface area contributed by atoms with Gasteiger partial charge in [0.15, 0.2) is 5.69 Å². The van der Waals surface area contributed by atoms with Crippen molar-refractivity contribution < 1.29 is 19.4 Å². The molecule has 1 aromatic rings. The Labute approximate surface area is 124 Å². The summed E-state index contributed by atoms with van der Waals surface area (Å²) in [5.74, 6) is -0.508. The van der Waals surface area contributed by atoms with Crippen LogP contribution in [0.3, 0.4) is 0 Å². The minimum absolute atomic E-state index is 0.186. The predicted octanol–water partition coefficient (Wildman–Crippen LogP) is 1.08. The van der Waals surface area contributed by atoms with Crippen LogP contribution < -0.4 is 0 Å². The van der Waals surface area contributed by atoms with Crippen LogP contribution in [0.5, 0.6) is 0 Å². The number of aromatic nitrogens is 3. The summed E-state index contributed by atoms with van der Waals surface area (Å²) in [6.45, 7) is 2.67. The molecule has 0 aromatic carbocycles. The van der Waals surface area contributed by atoms with Gasteiger partial charge in [0.25, 0.3) is 0 Å². The van der Waals surface area contributed by atoms with Gasteiger partial charge in [-0.25, -0.2) is 9.48 Å². The van der Waals surface area contributed by atoms with Crippen LogP contribution in [0.4, 0.5) is 0 Å². The molecular weight excluding hydrogens is 274 g/mol. The number of carbonyl (C=O) groups excluding carboxylic acids is 1. The highest BCUT2D eigenvalue weighted by molar-refractivity contribution is 5.88. The van der Waals surface area contributed by atoms with E-state index in [1.54, 1.807) is 18.7 Å². The molecule has 21 heavy (non-hydrogen) atoms. The van der Waals surface area contributed by atoms with Crippen LogP contribution in [0.15, 0.2) is 0 Å². The number of hydrogen-bond acceptors (Lipinski definition) is 6. The van der Waals surface area contributed by atoms with Crippen molar-refractivity contribution in [2.45, 2.75) is 51.2 Å². The van der Waals surface area contributed by atoms with Crippen molar-refractivity contribution in [3.63, 3.8) is 0 Å². The molecule has 7 nitrogen and oxygen atoms in total. The lowest BCUT2D eigenvalue weighted by Crippen LogP contribution is -2.37. The van der Waals surface area contributed by atoms with Crippen molar-refractivity contribution >= 4 is 5.97 Å². The third-order valence-electron chi connectivity index (χ3n) is 3.92. The van der Waals surface area contributed by atoms with Gasteiger partial charge in [-0.1, -0.05) is 24.5 Å². The van der Waals surface area contributed by atoms with Crippen molar-refractivity contribution in [2.24, 2.45) is 0 Å². The van der Waals surface area contributed by atoms with E-state index in [9.17, 15) is 9.90 Å². The quantitative estimate of drug-likeness (QED) is 0.624. The molecule has 0 atom stereocenters.